The monoisotopic (exact) mass is 563 g/mol. The van der Waals surface area contributed by atoms with Crippen molar-refractivity contribution < 1.29 is 9.47 Å². The molecule has 0 saturated carbocycles. The van der Waals surface area contributed by atoms with Gasteiger partial charge in [-0.05, 0) is 44.0 Å². The van der Waals surface area contributed by atoms with Crippen LogP contribution in [0.5, 0.6) is 5.75 Å². The summed E-state index contributed by atoms with van der Waals surface area (Å²) in [5, 5.41) is 6.83. The van der Waals surface area contributed by atoms with Crippen molar-refractivity contribution in [3.63, 3.8) is 0 Å². The van der Waals surface area contributed by atoms with E-state index in [1.807, 2.05) is 6.07 Å². The standard InChI is InChI=1S/C25H33N5O2.HI/c1-18-9-10-20(24(15-18)32-21-11-14-31-17-21)16-28-25(26-3)27-12-6-13-30-19(2)29-22-7-4-5-8-23(22)30;/h4-5,7-10,15,21H,6,11-14,16-17H2,1-3H3,(H2,26,27,28);1H. The van der Waals surface area contributed by atoms with Crippen LogP contribution in [0.2, 0.25) is 0 Å². The maximum absolute atomic E-state index is 6.21. The summed E-state index contributed by atoms with van der Waals surface area (Å²) in [4.78, 5) is 9.01. The molecule has 8 heteroatoms. The first-order chi connectivity index (χ1) is 15.6. The highest BCUT2D eigenvalue weighted by Crippen LogP contribution is 2.23. The molecule has 2 N–H and O–H groups in total. The van der Waals surface area contributed by atoms with E-state index in [2.05, 4.69) is 75.4 Å². The second-order valence-electron chi connectivity index (χ2n) is 8.22. The predicted octanol–water partition coefficient (Wildman–Crippen LogP) is 4.19. The number of hydrogen-bond donors (Lipinski definition) is 2. The number of nitrogens with zero attached hydrogens (tertiary/aromatic N) is 3. The summed E-state index contributed by atoms with van der Waals surface area (Å²) in [6.45, 7) is 7.96. The quantitative estimate of drug-likeness (QED) is 0.186. The molecular formula is C25H34IN5O2. The third-order valence-electron chi connectivity index (χ3n) is 5.77. The predicted molar refractivity (Wildman–Crippen MR) is 144 cm³/mol. The molecule has 7 nitrogen and oxygen atoms in total. The number of para-hydroxylation sites is 2. The van der Waals surface area contributed by atoms with Crippen LogP contribution < -0.4 is 15.4 Å². The minimum Gasteiger partial charge on any atom is -0.488 e. The largest absolute Gasteiger partial charge is 0.488 e. The first-order valence-electron chi connectivity index (χ1n) is 11.3. The van der Waals surface area contributed by atoms with Crippen LogP contribution in [0.1, 0.15) is 29.8 Å². The number of halogens is 1. The lowest BCUT2D eigenvalue weighted by Gasteiger charge is -2.18. The van der Waals surface area contributed by atoms with Crippen molar-refractivity contribution >= 4 is 41.0 Å². The molecule has 1 unspecified atom stereocenters. The third kappa shape index (κ3) is 6.60. The molecule has 1 aliphatic rings. The Balaban J connectivity index is 0.00000306. The minimum absolute atomic E-state index is 0. The first-order valence-corrected chi connectivity index (χ1v) is 11.3. The highest BCUT2D eigenvalue weighted by Gasteiger charge is 2.18. The number of imidazole rings is 1. The zero-order valence-corrected chi connectivity index (χ0v) is 22.0. The second-order valence-corrected chi connectivity index (χ2v) is 8.22. The smallest absolute Gasteiger partial charge is 0.191 e. The molecule has 33 heavy (non-hydrogen) atoms. The molecule has 2 heterocycles. The highest BCUT2D eigenvalue weighted by molar-refractivity contribution is 14.0. The Hall–Kier alpha value is -2.33. The van der Waals surface area contributed by atoms with Crippen molar-refractivity contribution in [2.45, 2.75) is 45.9 Å². The summed E-state index contributed by atoms with van der Waals surface area (Å²) in [5.41, 5.74) is 4.54. The number of rotatable bonds is 8. The lowest BCUT2D eigenvalue weighted by Crippen LogP contribution is -2.37. The fraction of sp³-hybridized carbons (Fsp3) is 0.440. The van der Waals surface area contributed by atoms with Crippen molar-refractivity contribution in [1.29, 1.82) is 0 Å². The normalized spacial score (nSPS) is 16.0. The molecule has 1 saturated heterocycles. The molecule has 0 spiro atoms. The van der Waals surface area contributed by atoms with Crippen molar-refractivity contribution in [2.75, 3.05) is 26.8 Å². The maximum atomic E-state index is 6.21. The van der Waals surface area contributed by atoms with Crippen molar-refractivity contribution in [3.05, 3.63) is 59.4 Å². The molecule has 2 aromatic carbocycles. The SMILES string of the molecule is CN=C(NCCCn1c(C)nc2ccccc21)NCc1ccc(C)cc1OC1CCOC1.I. The van der Waals surface area contributed by atoms with Crippen molar-refractivity contribution in [3.8, 4) is 5.75 Å². The molecule has 1 fully saturated rings. The molecule has 1 aromatic heterocycles. The summed E-state index contributed by atoms with van der Waals surface area (Å²) < 4.78 is 13.9. The van der Waals surface area contributed by atoms with E-state index in [-0.39, 0.29) is 30.1 Å². The molecule has 178 valence electrons. The van der Waals surface area contributed by atoms with Crippen LogP contribution in [-0.4, -0.2) is 48.4 Å². The molecule has 0 aliphatic carbocycles. The topological polar surface area (TPSA) is 72.7 Å². The molecule has 1 aliphatic heterocycles. The molecule has 0 amide bonds. The van der Waals surface area contributed by atoms with E-state index in [4.69, 9.17) is 9.47 Å². The van der Waals surface area contributed by atoms with Crippen molar-refractivity contribution in [2.24, 2.45) is 4.99 Å². The number of aromatic nitrogens is 2. The van der Waals surface area contributed by atoms with Gasteiger partial charge in [0.1, 0.15) is 17.7 Å². The Kier molecular flexibility index (Phi) is 9.37. The van der Waals surface area contributed by atoms with E-state index in [1.54, 1.807) is 7.05 Å². The Morgan fingerprint density at radius 1 is 1.21 bits per heavy atom. The molecule has 0 radical (unpaired) electrons. The molecule has 0 bridgehead atoms. The second kappa shape index (κ2) is 12.2. The number of ether oxygens (including phenoxy) is 2. The van der Waals surface area contributed by atoms with Crippen LogP contribution in [0.25, 0.3) is 11.0 Å². The Bertz CT molecular complexity index is 1080. The average molecular weight is 563 g/mol. The molecule has 3 aromatic rings. The third-order valence-corrected chi connectivity index (χ3v) is 5.77. The summed E-state index contributed by atoms with van der Waals surface area (Å²) in [7, 11) is 1.80. The first kappa shape index (κ1) is 25.3. The zero-order chi connectivity index (χ0) is 22.3. The van der Waals surface area contributed by atoms with E-state index in [1.165, 1.54) is 11.1 Å². The van der Waals surface area contributed by atoms with Gasteiger partial charge in [0.2, 0.25) is 0 Å². The fourth-order valence-corrected chi connectivity index (χ4v) is 4.02. The van der Waals surface area contributed by atoms with E-state index in [9.17, 15) is 0 Å². The van der Waals surface area contributed by atoms with Gasteiger partial charge in [-0.25, -0.2) is 4.98 Å². The number of aliphatic imine (C=N–C) groups is 1. The van der Waals surface area contributed by atoms with Crippen LogP contribution >= 0.6 is 24.0 Å². The van der Waals surface area contributed by atoms with Gasteiger partial charge in [0.15, 0.2) is 5.96 Å². The van der Waals surface area contributed by atoms with Gasteiger partial charge in [-0.2, -0.15) is 0 Å². The number of fused-ring (bicyclic) bond motifs is 1. The number of guanidine groups is 1. The number of nitrogens with one attached hydrogen (secondary N) is 2. The lowest BCUT2D eigenvalue weighted by molar-refractivity contribution is 0.140. The average Bonchev–Trinajstić information content (AvgIpc) is 3.41. The number of aryl methyl sites for hydroxylation is 3. The van der Waals surface area contributed by atoms with Crippen LogP contribution in [0.4, 0.5) is 0 Å². The Morgan fingerprint density at radius 2 is 2.06 bits per heavy atom. The van der Waals surface area contributed by atoms with Gasteiger partial charge in [-0.1, -0.05) is 24.3 Å². The van der Waals surface area contributed by atoms with Gasteiger partial charge in [0.25, 0.3) is 0 Å². The van der Waals surface area contributed by atoms with E-state index < -0.39 is 0 Å². The maximum Gasteiger partial charge on any atom is 0.191 e. The van der Waals surface area contributed by atoms with E-state index in [0.717, 1.165) is 61.2 Å². The van der Waals surface area contributed by atoms with Gasteiger partial charge in [0, 0.05) is 38.7 Å². The summed E-state index contributed by atoms with van der Waals surface area (Å²) >= 11 is 0. The van der Waals surface area contributed by atoms with Crippen LogP contribution in [0, 0.1) is 13.8 Å². The van der Waals surface area contributed by atoms with Crippen LogP contribution in [0.15, 0.2) is 47.5 Å². The highest BCUT2D eigenvalue weighted by atomic mass is 127. The summed E-state index contributed by atoms with van der Waals surface area (Å²) in [5.74, 6) is 2.76. The molecule has 4 rings (SSSR count). The van der Waals surface area contributed by atoms with E-state index >= 15 is 0 Å². The lowest BCUT2D eigenvalue weighted by atomic mass is 10.1. The van der Waals surface area contributed by atoms with E-state index in [0.29, 0.717) is 13.2 Å². The Morgan fingerprint density at radius 3 is 2.85 bits per heavy atom. The Labute approximate surface area is 213 Å². The minimum atomic E-state index is 0. The van der Waals surface area contributed by atoms with Gasteiger partial charge < -0.3 is 24.7 Å². The number of hydrogen-bond acceptors (Lipinski definition) is 4. The zero-order valence-electron chi connectivity index (χ0n) is 19.6. The summed E-state index contributed by atoms with van der Waals surface area (Å²) in [6.07, 6.45) is 2.05. The molecular weight excluding hydrogens is 529 g/mol. The van der Waals surface area contributed by atoms with Gasteiger partial charge in [0.05, 0.1) is 24.2 Å². The van der Waals surface area contributed by atoms with Gasteiger partial charge in [-0.15, -0.1) is 24.0 Å². The van der Waals surface area contributed by atoms with Crippen LogP contribution in [0.3, 0.4) is 0 Å². The summed E-state index contributed by atoms with van der Waals surface area (Å²) in [6, 6.07) is 14.6. The van der Waals surface area contributed by atoms with Crippen LogP contribution in [-0.2, 0) is 17.8 Å². The van der Waals surface area contributed by atoms with Gasteiger partial charge in [-0.3, -0.25) is 4.99 Å². The fourth-order valence-electron chi connectivity index (χ4n) is 4.02. The van der Waals surface area contributed by atoms with Crippen molar-refractivity contribution in [1.82, 2.24) is 20.2 Å². The van der Waals surface area contributed by atoms with Gasteiger partial charge >= 0.3 is 0 Å². The molecule has 1 atom stereocenters. The number of benzene rings is 2.